The highest BCUT2D eigenvalue weighted by Crippen LogP contribution is 2.24. The molecule has 0 amide bonds. The maximum atomic E-state index is 13.2. The van der Waals surface area contributed by atoms with E-state index in [0.29, 0.717) is 11.4 Å². The molecule has 0 N–H and O–H groups in total. The summed E-state index contributed by atoms with van der Waals surface area (Å²) in [5.41, 5.74) is 1.46. The number of hydrogen-bond donors (Lipinski definition) is 0. The van der Waals surface area contributed by atoms with E-state index in [4.69, 9.17) is 4.74 Å². The lowest BCUT2D eigenvalue weighted by atomic mass is 10.1. The Labute approximate surface area is 153 Å². The molecule has 2 aliphatic rings. The van der Waals surface area contributed by atoms with Crippen LogP contribution in [0.4, 0.5) is 4.39 Å². The number of nitrogens with zero attached hydrogens (tertiary/aromatic N) is 3. The van der Waals surface area contributed by atoms with E-state index in [0.717, 1.165) is 0 Å². The fraction of sp³-hybridized carbons (Fsp3) is 0.0500. The molecule has 2 aromatic carbocycles. The van der Waals surface area contributed by atoms with Crippen LogP contribution in [-0.4, -0.2) is 27.4 Å². The van der Waals surface area contributed by atoms with Crippen molar-refractivity contribution in [3.8, 4) is 22.6 Å². The zero-order valence-electron chi connectivity index (χ0n) is 14.3. The van der Waals surface area contributed by atoms with Gasteiger partial charge in [-0.3, -0.25) is 4.79 Å². The van der Waals surface area contributed by atoms with Gasteiger partial charge in [0.05, 0.1) is 18.4 Å². The standard InChI is InChI=1S/C20H14FN3O3/c1-27-20(26)17-12-23(14-9-7-13(21)8-10-14)11-16-18(17)22-24(19(16)25)15-5-3-2-4-6-15/h2-12H,1H3. The topological polar surface area (TPSA) is 66.1 Å². The molecule has 0 saturated heterocycles. The minimum absolute atomic E-state index is 0.145. The molecule has 0 aliphatic carbocycles. The lowest BCUT2D eigenvalue weighted by molar-refractivity contribution is 0.0600. The number of methoxy groups -OCH3 is 1. The van der Waals surface area contributed by atoms with Crippen LogP contribution in [0.3, 0.4) is 0 Å². The van der Waals surface area contributed by atoms with Crippen molar-refractivity contribution in [1.29, 1.82) is 0 Å². The Bertz CT molecular complexity index is 1150. The third kappa shape index (κ3) is 2.89. The first kappa shape index (κ1) is 16.7. The maximum absolute atomic E-state index is 13.2. The first-order valence-corrected chi connectivity index (χ1v) is 8.13. The van der Waals surface area contributed by atoms with Crippen LogP contribution in [0, 0.1) is 5.82 Å². The van der Waals surface area contributed by atoms with Gasteiger partial charge in [-0.2, -0.15) is 9.78 Å². The lowest BCUT2D eigenvalue weighted by Crippen LogP contribution is -2.15. The Kier molecular flexibility index (Phi) is 4.04. The summed E-state index contributed by atoms with van der Waals surface area (Å²) in [5, 5.41) is 4.33. The zero-order valence-corrected chi connectivity index (χ0v) is 14.3. The van der Waals surface area contributed by atoms with Gasteiger partial charge in [-0.25, -0.2) is 9.18 Å². The average molecular weight is 363 g/mol. The van der Waals surface area contributed by atoms with Crippen LogP contribution in [-0.2, 0) is 4.74 Å². The van der Waals surface area contributed by atoms with Gasteiger partial charge in [-0.1, -0.05) is 18.2 Å². The van der Waals surface area contributed by atoms with Gasteiger partial charge in [0.2, 0.25) is 0 Å². The molecule has 0 unspecified atom stereocenters. The van der Waals surface area contributed by atoms with Crippen molar-refractivity contribution >= 4 is 5.97 Å². The highest BCUT2D eigenvalue weighted by atomic mass is 19.1. The molecule has 134 valence electrons. The predicted octanol–water partition coefficient (Wildman–Crippen LogP) is 3.05. The zero-order chi connectivity index (χ0) is 19.0. The normalized spacial score (nSPS) is 10.9. The van der Waals surface area contributed by atoms with Crippen molar-refractivity contribution < 1.29 is 13.9 Å². The first-order valence-electron chi connectivity index (χ1n) is 8.13. The Morgan fingerprint density at radius 2 is 1.70 bits per heavy atom. The second-order valence-electron chi connectivity index (χ2n) is 5.86. The quantitative estimate of drug-likeness (QED) is 0.525. The number of carbonyl (C=O) groups excluding carboxylic acids is 1. The molecule has 27 heavy (non-hydrogen) atoms. The summed E-state index contributed by atoms with van der Waals surface area (Å²) in [6.07, 6.45) is 3.09. The molecule has 0 atom stereocenters. The van der Waals surface area contributed by atoms with Gasteiger partial charge in [0.1, 0.15) is 17.1 Å². The maximum Gasteiger partial charge on any atom is 0.341 e. The summed E-state index contributed by atoms with van der Waals surface area (Å²) in [6.45, 7) is 0. The number of para-hydroxylation sites is 1. The minimum atomic E-state index is -0.617. The van der Waals surface area contributed by atoms with Gasteiger partial charge in [0.25, 0.3) is 5.56 Å². The van der Waals surface area contributed by atoms with E-state index in [9.17, 15) is 14.0 Å². The highest BCUT2D eigenvalue weighted by Gasteiger charge is 2.25. The lowest BCUT2D eigenvalue weighted by Gasteiger charge is -2.11. The van der Waals surface area contributed by atoms with Crippen molar-refractivity contribution in [2.45, 2.75) is 0 Å². The molecule has 0 saturated carbocycles. The smallest absolute Gasteiger partial charge is 0.341 e. The van der Waals surface area contributed by atoms with Crippen molar-refractivity contribution in [2.75, 3.05) is 7.11 Å². The van der Waals surface area contributed by atoms with E-state index < -0.39 is 5.97 Å². The summed E-state index contributed by atoms with van der Waals surface area (Å²) in [5.74, 6) is -0.996. The Balaban J connectivity index is 1.99. The Hall–Kier alpha value is -3.74. The van der Waals surface area contributed by atoms with Crippen molar-refractivity contribution in [2.24, 2.45) is 0 Å². The van der Waals surface area contributed by atoms with Crippen LogP contribution < -0.4 is 5.56 Å². The van der Waals surface area contributed by atoms with Gasteiger partial charge < -0.3 is 9.30 Å². The van der Waals surface area contributed by atoms with Crippen molar-refractivity contribution in [3.05, 3.63) is 88.7 Å². The second-order valence-corrected chi connectivity index (χ2v) is 5.86. The van der Waals surface area contributed by atoms with E-state index in [1.807, 2.05) is 6.07 Å². The first-order chi connectivity index (χ1) is 13.1. The predicted molar refractivity (Wildman–Crippen MR) is 97.1 cm³/mol. The number of rotatable bonds is 3. The fourth-order valence-electron chi connectivity index (χ4n) is 2.87. The van der Waals surface area contributed by atoms with Crippen LogP contribution in [0.15, 0.2) is 71.8 Å². The number of ether oxygens (including phenoxy) is 1. The van der Waals surface area contributed by atoms with Gasteiger partial charge in [-0.15, -0.1) is 0 Å². The number of carbonyl (C=O) groups is 1. The second kappa shape index (κ2) is 6.53. The van der Waals surface area contributed by atoms with Gasteiger partial charge in [0, 0.05) is 18.1 Å². The van der Waals surface area contributed by atoms with Crippen molar-refractivity contribution in [3.63, 3.8) is 0 Å². The number of fused-ring (bicyclic) bond motifs is 1. The van der Waals surface area contributed by atoms with Crippen LogP contribution in [0.5, 0.6) is 0 Å². The Morgan fingerprint density at radius 3 is 2.37 bits per heavy atom. The van der Waals surface area contributed by atoms with E-state index in [1.165, 1.54) is 30.1 Å². The molecule has 0 fully saturated rings. The van der Waals surface area contributed by atoms with E-state index >= 15 is 0 Å². The summed E-state index contributed by atoms with van der Waals surface area (Å²) < 4.78 is 20.9. The molecule has 2 aliphatic heterocycles. The number of benzene rings is 2. The number of aromatic nitrogens is 3. The van der Waals surface area contributed by atoms with E-state index in [1.54, 1.807) is 47.2 Å². The Morgan fingerprint density at radius 1 is 1.00 bits per heavy atom. The molecule has 0 aromatic heterocycles. The number of halogens is 1. The summed E-state index contributed by atoms with van der Waals surface area (Å²) in [6, 6.07) is 14.6. The largest absolute Gasteiger partial charge is 0.465 e. The van der Waals surface area contributed by atoms with Crippen LogP contribution in [0.25, 0.3) is 22.6 Å². The summed E-state index contributed by atoms with van der Waals surface area (Å²) in [4.78, 5) is 25.2. The molecular weight excluding hydrogens is 349 g/mol. The monoisotopic (exact) mass is 363 g/mol. The molecular formula is C20H14FN3O3. The van der Waals surface area contributed by atoms with E-state index in [2.05, 4.69) is 5.10 Å². The molecule has 6 nitrogen and oxygen atoms in total. The summed E-state index contributed by atoms with van der Waals surface area (Å²) >= 11 is 0. The molecule has 2 heterocycles. The molecule has 4 rings (SSSR count). The van der Waals surface area contributed by atoms with Crippen LogP contribution >= 0.6 is 0 Å². The van der Waals surface area contributed by atoms with Gasteiger partial charge >= 0.3 is 5.97 Å². The number of esters is 1. The minimum Gasteiger partial charge on any atom is -0.465 e. The number of hydrogen-bond acceptors (Lipinski definition) is 4. The van der Waals surface area contributed by atoms with Crippen LogP contribution in [0.2, 0.25) is 0 Å². The van der Waals surface area contributed by atoms with Gasteiger partial charge in [-0.05, 0) is 36.4 Å². The van der Waals surface area contributed by atoms with Gasteiger partial charge in [0.15, 0.2) is 0 Å². The molecule has 0 radical (unpaired) electrons. The van der Waals surface area contributed by atoms with Crippen LogP contribution in [0.1, 0.15) is 10.4 Å². The SMILES string of the molecule is COC(=O)c1cn(-c2ccc(F)cc2)cc2c(=O)n(-c3ccccc3)nc1-2. The average Bonchev–Trinajstić information content (AvgIpc) is 3.04. The molecule has 0 spiro atoms. The summed E-state index contributed by atoms with van der Waals surface area (Å²) in [7, 11) is 1.26. The van der Waals surface area contributed by atoms with Crippen molar-refractivity contribution in [1.82, 2.24) is 14.3 Å². The third-order valence-electron chi connectivity index (χ3n) is 4.20. The van der Waals surface area contributed by atoms with E-state index in [-0.39, 0.29) is 28.2 Å². The number of pyridine rings is 1. The fourth-order valence-corrected chi connectivity index (χ4v) is 2.87. The highest BCUT2D eigenvalue weighted by molar-refractivity contribution is 5.96. The third-order valence-corrected chi connectivity index (χ3v) is 4.20. The molecule has 0 bridgehead atoms. The molecule has 7 heteroatoms. The molecule has 2 aromatic rings.